The molecule has 2 aliphatic heterocycles. The topological polar surface area (TPSA) is 24.9 Å². The number of hydrogen-bond donors (Lipinski definition) is 0. The fourth-order valence-electron chi connectivity index (χ4n) is 6.56. The summed E-state index contributed by atoms with van der Waals surface area (Å²) < 4.78 is 12.9. The zero-order valence-electron chi connectivity index (χ0n) is 23.1. The van der Waals surface area contributed by atoms with E-state index in [9.17, 15) is 0 Å². The molecule has 2 heterocycles. The fourth-order valence-corrected chi connectivity index (χ4v) is 6.56. The summed E-state index contributed by atoms with van der Waals surface area (Å²) >= 11 is 0. The number of rotatable bonds is 11. The third kappa shape index (κ3) is 7.17. The highest BCUT2D eigenvalue weighted by Gasteiger charge is 2.39. The molecule has 0 aromatic carbocycles. The van der Waals surface area contributed by atoms with Gasteiger partial charge < -0.3 is 9.47 Å². The van der Waals surface area contributed by atoms with Crippen molar-refractivity contribution in [3.05, 3.63) is 0 Å². The van der Waals surface area contributed by atoms with E-state index < -0.39 is 0 Å². The van der Waals surface area contributed by atoms with Gasteiger partial charge in [-0.2, -0.15) is 0 Å². The third-order valence-electron chi connectivity index (χ3n) is 8.32. The van der Waals surface area contributed by atoms with E-state index in [2.05, 4.69) is 79.0 Å². The van der Waals surface area contributed by atoms with Crippen molar-refractivity contribution in [2.45, 2.75) is 131 Å². The lowest BCUT2D eigenvalue weighted by Crippen LogP contribution is -2.55. The molecular formula is C28H56N2O2. The van der Waals surface area contributed by atoms with Crippen molar-refractivity contribution in [1.29, 1.82) is 0 Å². The molecule has 2 rings (SSSR count). The van der Waals surface area contributed by atoms with Crippen LogP contribution in [-0.4, -0.2) is 72.5 Å². The normalized spacial score (nSPS) is 33.2. The van der Waals surface area contributed by atoms with Crippen LogP contribution in [0.5, 0.6) is 0 Å². The van der Waals surface area contributed by atoms with Gasteiger partial charge in [-0.15, -0.1) is 0 Å². The summed E-state index contributed by atoms with van der Waals surface area (Å²) in [5.41, 5.74) is 0. The Morgan fingerprint density at radius 1 is 0.531 bits per heavy atom. The van der Waals surface area contributed by atoms with Gasteiger partial charge in [0.15, 0.2) is 0 Å². The average Bonchev–Trinajstić information content (AvgIpc) is 2.74. The molecule has 2 fully saturated rings. The smallest absolute Gasteiger partial charge is 0.0704 e. The predicted molar refractivity (Wildman–Crippen MR) is 137 cm³/mol. The van der Waals surface area contributed by atoms with Crippen LogP contribution < -0.4 is 0 Å². The van der Waals surface area contributed by atoms with E-state index in [1.807, 2.05) is 0 Å². The van der Waals surface area contributed by atoms with Gasteiger partial charge >= 0.3 is 0 Å². The van der Waals surface area contributed by atoms with Gasteiger partial charge in [0.1, 0.15) is 0 Å². The Balaban J connectivity index is 1.89. The highest BCUT2D eigenvalue weighted by atomic mass is 16.5. The van der Waals surface area contributed by atoms with E-state index >= 15 is 0 Å². The highest BCUT2D eigenvalue weighted by Crippen LogP contribution is 2.34. The summed E-state index contributed by atoms with van der Waals surface area (Å²) in [5, 5.41) is 0. The molecule has 0 aromatic heterocycles. The van der Waals surface area contributed by atoms with Crippen molar-refractivity contribution in [2.24, 2.45) is 23.7 Å². The second kappa shape index (κ2) is 13.1. The third-order valence-corrected chi connectivity index (χ3v) is 8.32. The molecule has 0 radical (unpaired) electrons. The minimum Gasteiger partial charge on any atom is -0.376 e. The standard InChI is InChI=1S/C28H56N2O2/c1-11-29-25(19(3)4)15-23(16-26(29)20(5)6)31-13-14-32-24-17-27(21(7)8)30(12-2)28(18-24)22(9)10/h19-28H,11-18H2,1-10H3. The van der Waals surface area contributed by atoms with Crippen LogP contribution in [0.25, 0.3) is 0 Å². The Morgan fingerprint density at radius 3 is 0.969 bits per heavy atom. The molecule has 0 aromatic rings. The first-order valence-electron chi connectivity index (χ1n) is 13.8. The molecule has 0 N–H and O–H groups in total. The Kier molecular flexibility index (Phi) is 11.5. The van der Waals surface area contributed by atoms with Gasteiger partial charge in [-0.1, -0.05) is 69.2 Å². The number of piperidine rings is 2. The van der Waals surface area contributed by atoms with Crippen molar-refractivity contribution in [3.63, 3.8) is 0 Å². The highest BCUT2D eigenvalue weighted by molar-refractivity contribution is 4.93. The first-order chi connectivity index (χ1) is 15.1. The van der Waals surface area contributed by atoms with Crippen molar-refractivity contribution < 1.29 is 9.47 Å². The fraction of sp³-hybridized carbons (Fsp3) is 1.00. The summed E-state index contributed by atoms with van der Waals surface area (Å²) in [6.07, 6.45) is 5.39. The summed E-state index contributed by atoms with van der Waals surface area (Å²) in [7, 11) is 0. The van der Waals surface area contributed by atoms with Crippen LogP contribution in [0.4, 0.5) is 0 Å². The van der Waals surface area contributed by atoms with Crippen LogP contribution in [0.1, 0.15) is 94.9 Å². The van der Waals surface area contributed by atoms with Gasteiger partial charge in [-0.3, -0.25) is 9.80 Å². The van der Waals surface area contributed by atoms with E-state index in [4.69, 9.17) is 9.47 Å². The summed E-state index contributed by atoms with van der Waals surface area (Å²) in [6, 6.07) is 2.51. The maximum absolute atomic E-state index is 6.46. The van der Waals surface area contributed by atoms with Crippen LogP contribution in [-0.2, 0) is 9.47 Å². The Bertz CT molecular complexity index is 440. The van der Waals surface area contributed by atoms with E-state index in [-0.39, 0.29) is 0 Å². The molecule has 2 aliphatic rings. The van der Waals surface area contributed by atoms with Gasteiger partial charge in [-0.05, 0) is 62.4 Å². The van der Waals surface area contributed by atoms with Crippen LogP contribution in [0.3, 0.4) is 0 Å². The molecule has 0 bridgehead atoms. The van der Waals surface area contributed by atoms with Gasteiger partial charge in [0.05, 0.1) is 25.4 Å². The second-order valence-electron chi connectivity index (χ2n) is 11.8. The zero-order chi connectivity index (χ0) is 24.0. The maximum atomic E-state index is 6.46. The lowest BCUT2D eigenvalue weighted by molar-refractivity contribution is -0.0987. The molecule has 0 spiro atoms. The van der Waals surface area contributed by atoms with Crippen LogP contribution in [0.2, 0.25) is 0 Å². The van der Waals surface area contributed by atoms with E-state index in [1.54, 1.807) is 0 Å². The Hall–Kier alpha value is -0.160. The molecule has 4 unspecified atom stereocenters. The number of hydrogen-bond acceptors (Lipinski definition) is 4. The largest absolute Gasteiger partial charge is 0.376 e. The quantitative estimate of drug-likeness (QED) is 0.354. The van der Waals surface area contributed by atoms with Gasteiger partial charge in [0.25, 0.3) is 0 Å². The average molecular weight is 453 g/mol. The number of nitrogens with zero attached hydrogens (tertiary/aromatic N) is 2. The molecule has 2 saturated heterocycles. The minimum atomic E-state index is 0.370. The van der Waals surface area contributed by atoms with Gasteiger partial charge in [0, 0.05) is 24.2 Å². The van der Waals surface area contributed by atoms with Crippen LogP contribution in [0.15, 0.2) is 0 Å². The molecule has 0 saturated carbocycles. The maximum Gasteiger partial charge on any atom is 0.0704 e. The van der Waals surface area contributed by atoms with Crippen molar-refractivity contribution in [2.75, 3.05) is 26.3 Å². The molecule has 4 atom stereocenters. The zero-order valence-corrected chi connectivity index (χ0v) is 23.1. The lowest BCUT2D eigenvalue weighted by atomic mass is 9.83. The first-order valence-corrected chi connectivity index (χ1v) is 13.8. The molecular weight excluding hydrogens is 396 g/mol. The van der Waals surface area contributed by atoms with Crippen molar-refractivity contribution >= 4 is 0 Å². The van der Waals surface area contributed by atoms with Crippen LogP contribution in [0, 0.1) is 23.7 Å². The van der Waals surface area contributed by atoms with E-state index in [1.165, 1.54) is 0 Å². The lowest BCUT2D eigenvalue weighted by Gasteiger charge is -2.48. The van der Waals surface area contributed by atoms with Gasteiger partial charge in [-0.25, -0.2) is 0 Å². The molecule has 0 amide bonds. The summed E-state index contributed by atoms with van der Waals surface area (Å²) in [5.74, 6) is 2.68. The predicted octanol–water partition coefficient (Wildman–Crippen LogP) is 6.09. The van der Waals surface area contributed by atoms with E-state index in [0.717, 1.165) is 52.0 Å². The monoisotopic (exact) mass is 452 g/mol. The molecule has 0 aliphatic carbocycles. The van der Waals surface area contributed by atoms with Crippen molar-refractivity contribution in [1.82, 2.24) is 9.80 Å². The SMILES string of the molecule is CCN1C(C(C)C)CC(OCCOC2CC(C(C)C)N(CC)C(C(C)C)C2)CC1C(C)C. The van der Waals surface area contributed by atoms with Crippen molar-refractivity contribution in [3.8, 4) is 0 Å². The minimum absolute atomic E-state index is 0.370. The molecule has 4 heteroatoms. The number of ether oxygens (including phenoxy) is 2. The molecule has 190 valence electrons. The number of likely N-dealkylation sites (tertiary alicyclic amines) is 2. The Labute approximate surface area is 200 Å². The summed E-state index contributed by atoms with van der Waals surface area (Å²) in [6.45, 7) is 27.4. The molecule has 32 heavy (non-hydrogen) atoms. The molecule has 4 nitrogen and oxygen atoms in total. The first kappa shape index (κ1) is 28.1. The summed E-state index contributed by atoms with van der Waals surface area (Å²) in [4.78, 5) is 5.48. The van der Waals surface area contributed by atoms with Crippen LogP contribution >= 0.6 is 0 Å². The van der Waals surface area contributed by atoms with E-state index in [0.29, 0.717) is 60.0 Å². The Morgan fingerprint density at radius 2 is 0.781 bits per heavy atom. The van der Waals surface area contributed by atoms with Gasteiger partial charge in [0.2, 0.25) is 0 Å². The second-order valence-corrected chi connectivity index (χ2v) is 11.8.